The Balaban J connectivity index is 1.44. The quantitative estimate of drug-likeness (QED) is 0.533. The summed E-state index contributed by atoms with van der Waals surface area (Å²) >= 11 is 1.44. The summed E-state index contributed by atoms with van der Waals surface area (Å²) in [5.41, 5.74) is 5.54. The summed E-state index contributed by atoms with van der Waals surface area (Å²) in [4.78, 5) is 17.0. The molecule has 0 aliphatic heterocycles. The predicted octanol–water partition coefficient (Wildman–Crippen LogP) is 3.34. The van der Waals surface area contributed by atoms with Crippen LogP contribution >= 0.6 is 11.3 Å². The molecule has 0 radical (unpaired) electrons. The number of rotatable bonds is 6. The number of carbonyl (C=O) groups is 1. The maximum absolute atomic E-state index is 12.6. The van der Waals surface area contributed by atoms with Gasteiger partial charge in [0.15, 0.2) is 0 Å². The minimum atomic E-state index is -0.189. The van der Waals surface area contributed by atoms with Crippen molar-refractivity contribution >= 4 is 17.2 Å². The van der Waals surface area contributed by atoms with Gasteiger partial charge in [-0.25, -0.2) is 4.98 Å². The number of aromatic nitrogens is 5. The van der Waals surface area contributed by atoms with Gasteiger partial charge in [0.25, 0.3) is 5.91 Å². The standard InChI is InChI=1S/C21H22N6OS/c1-14-18(15(2)27(25-14)11-16-7-5-4-6-8-16)10-22-20(28)19-13-29-21(24-19)17-9-23-26(3)12-17/h4-9,12-13H,10-11H2,1-3H3,(H,22,28). The number of hydrogen-bond donors (Lipinski definition) is 1. The van der Waals surface area contributed by atoms with E-state index in [9.17, 15) is 4.79 Å². The Labute approximate surface area is 173 Å². The van der Waals surface area contributed by atoms with Crippen LogP contribution in [0.4, 0.5) is 0 Å². The van der Waals surface area contributed by atoms with Gasteiger partial charge in [-0.2, -0.15) is 10.2 Å². The molecule has 148 valence electrons. The summed E-state index contributed by atoms with van der Waals surface area (Å²) in [5.74, 6) is -0.189. The predicted molar refractivity (Wildman–Crippen MR) is 113 cm³/mol. The number of thiazole rings is 1. The Hall–Kier alpha value is -3.26. The zero-order chi connectivity index (χ0) is 20.4. The van der Waals surface area contributed by atoms with Gasteiger partial charge in [-0.15, -0.1) is 11.3 Å². The van der Waals surface area contributed by atoms with Crippen LogP contribution in [0.25, 0.3) is 10.6 Å². The zero-order valence-electron chi connectivity index (χ0n) is 16.6. The van der Waals surface area contributed by atoms with Crippen LogP contribution in [0.3, 0.4) is 0 Å². The first kappa shape index (κ1) is 19.1. The average Bonchev–Trinajstić information content (AvgIpc) is 3.42. The molecule has 4 aromatic rings. The topological polar surface area (TPSA) is 77.6 Å². The SMILES string of the molecule is Cc1nn(Cc2ccccc2)c(C)c1CNC(=O)c1csc(-c2cnn(C)c2)n1. The third kappa shape index (κ3) is 4.12. The highest BCUT2D eigenvalue weighted by atomic mass is 32.1. The lowest BCUT2D eigenvalue weighted by Gasteiger charge is -2.07. The number of aryl methyl sites for hydroxylation is 2. The van der Waals surface area contributed by atoms with Crippen molar-refractivity contribution in [3.05, 3.63) is 76.3 Å². The molecule has 1 N–H and O–H groups in total. The second-order valence-electron chi connectivity index (χ2n) is 6.92. The molecule has 7 nitrogen and oxygen atoms in total. The van der Waals surface area contributed by atoms with Gasteiger partial charge in [-0.05, 0) is 19.4 Å². The first-order valence-electron chi connectivity index (χ1n) is 9.31. The molecule has 0 spiro atoms. The lowest BCUT2D eigenvalue weighted by Crippen LogP contribution is -2.23. The molecule has 4 rings (SSSR count). The molecule has 29 heavy (non-hydrogen) atoms. The molecule has 8 heteroatoms. The van der Waals surface area contributed by atoms with Crippen LogP contribution in [0, 0.1) is 13.8 Å². The highest BCUT2D eigenvalue weighted by Crippen LogP contribution is 2.23. The van der Waals surface area contributed by atoms with Crippen LogP contribution in [-0.4, -0.2) is 30.5 Å². The van der Waals surface area contributed by atoms with Crippen LogP contribution in [0.1, 0.15) is 33.0 Å². The van der Waals surface area contributed by atoms with Crippen molar-refractivity contribution in [1.82, 2.24) is 29.9 Å². The minimum Gasteiger partial charge on any atom is -0.346 e. The van der Waals surface area contributed by atoms with Gasteiger partial charge >= 0.3 is 0 Å². The molecule has 1 amide bonds. The second-order valence-corrected chi connectivity index (χ2v) is 7.77. The van der Waals surface area contributed by atoms with E-state index >= 15 is 0 Å². The van der Waals surface area contributed by atoms with Gasteiger partial charge in [-0.1, -0.05) is 30.3 Å². The largest absolute Gasteiger partial charge is 0.346 e. The lowest BCUT2D eigenvalue weighted by atomic mass is 10.2. The van der Waals surface area contributed by atoms with E-state index in [0.29, 0.717) is 18.8 Å². The van der Waals surface area contributed by atoms with Gasteiger partial charge in [0.05, 0.1) is 18.4 Å². The number of carbonyl (C=O) groups excluding carboxylic acids is 1. The maximum atomic E-state index is 12.6. The number of amides is 1. The molecule has 0 fully saturated rings. The van der Waals surface area contributed by atoms with Gasteiger partial charge in [0.1, 0.15) is 10.7 Å². The first-order valence-corrected chi connectivity index (χ1v) is 10.2. The Morgan fingerprint density at radius 3 is 2.72 bits per heavy atom. The van der Waals surface area contributed by atoms with Crippen molar-refractivity contribution in [3.63, 3.8) is 0 Å². The van der Waals surface area contributed by atoms with E-state index in [0.717, 1.165) is 27.5 Å². The average molecular weight is 407 g/mol. The maximum Gasteiger partial charge on any atom is 0.271 e. The molecule has 0 saturated carbocycles. The van der Waals surface area contributed by atoms with Crippen LogP contribution in [0.2, 0.25) is 0 Å². The molecule has 0 aliphatic rings. The number of benzene rings is 1. The summed E-state index contributed by atoms with van der Waals surface area (Å²) in [5, 5.41) is 14.3. The Morgan fingerprint density at radius 1 is 1.21 bits per heavy atom. The Kier molecular flexibility index (Phi) is 5.26. The molecule has 3 aromatic heterocycles. The number of nitrogens with one attached hydrogen (secondary N) is 1. The normalized spacial score (nSPS) is 11.0. The molecule has 0 aliphatic carbocycles. The summed E-state index contributed by atoms with van der Waals surface area (Å²) in [6.07, 6.45) is 3.63. The third-order valence-electron chi connectivity index (χ3n) is 4.82. The van der Waals surface area contributed by atoms with Crippen molar-refractivity contribution in [2.24, 2.45) is 7.05 Å². The molecule has 0 atom stereocenters. The molecular formula is C21H22N6OS. The van der Waals surface area contributed by atoms with E-state index in [-0.39, 0.29) is 5.91 Å². The second kappa shape index (κ2) is 8.00. The summed E-state index contributed by atoms with van der Waals surface area (Å²) < 4.78 is 3.70. The Morgan fingerprint density at radius 2 is 2.00 bits per heavy atom. The lowest BCUT2D eigenvalue weighted by molar-refractivity contribution is 0.0946. The molecule has 0 bridgehead atoms. The van der Waals surface area contributed by atoms with Crippen molar-refractivity contribution in [1.29, 1.82) is 0 Å². The highest BCUT2D eigenvalue weighted by molar-refractivity contribution is 7.13. The van der Waals surface area contributed by atoms with Crippen molar-refractivity contribution < 1.29 is 4.79 Å². The van der Waals surface area contributed by atoms with E-state index in [2.05, 4.69) is 32.6 Å². The van der Waals surface area contributed by atoms with Crippen LogP contribution in [0.15, 0.2) is 48.1 Å². The highest BCUT2D eigenvalue weighted by Gasteiger charge is 2.16. The summed E-state index contributed by atoms with van der Waals surface area (Å²) in [7, 11) is 1.85. The minimum absolute atomic E-state index is 0.189. The van der Waals surface area contributed by atoms with Crippen LogP contribution < -0.4 is 5.32 Å². The van der Waals surface area contributed by atoms with Gasteiger partial charge in [0.2, 0.25) is 0 Å². The summed E-state index contributed by atoms with van der Waals surface area (Å²) in [6, 6.07) is 10.2. The van der Waals surface area contributed by atoms with E-state index in [1.54, 1.807) is 16.3 Å². The van der Waals surface area contributed by atoms with Gasteiger partial charge in [0, 0.05) is 42.0 Å². The van der Waals surface area contributed by atoms with Gasteiger partial charge in [-0.3, -0.25) is 14.2 Å². The monoisotopic (exact) mass is 406 g/mol. The molecule has 0 unspecified atom stereocenters. The van der Waals surface area contributed by atoms with Crippen LogP contribution in [-0.2, 0) is 20.1 Å². The van der Waals surface area contributed by atoms with Crippen LogP contribution in [0.5, 0.6) is 0 Å². The molecular weight excluding hydrogens is 384 g/mol. The van der Waals surface area contributed by atoms with E-state index in [1.165, 1.54) is 16.9 Å². The van der Waals surface area contributed by atoms with Gasteiger partial charge < -0.3 is 5.32 Å². The zero-order valence-corrected chi connectivity index (χ0v) is 17.4. The van der Waals surface area contributed by atoms with E-state index in [1.807, 2.05) is 50.0 Å². The van der Waals surface area contributed by atoms with Crippen molar-refractivity contribution in [3.8, 4) is 10.6 Å². The summed E-state index contributed by atoms with van der Waals surface area (Å²) in [6.45, 7) is 5.14. The number of hydrogen-bond acceptors (Lipinski definition) is 5. The fraction of sp³-hybridized carbons (Fsp3) is 0.238. The van der Waals surface area contributed by atoms with E-state index < -0.39 is 0 Å². The fourth-order valence-electron chi connectivity index (χ4n) is 3.20. The Bertz CT molecular complexity index is 1140. The van der Waals surface area contributed by atoms with E-state index in [4.69, 9.17) is 0 Å². The molecule has 1 aromatic carbocycles. The van der Waals surface area contributed by atoms with Crippen molar-refractivity contribution in [2.45, 2.75) is 26.9 Å². The fourth-order valence-corrected chi connectivity index (χ4v) is 3.98. The smallest absolute Gasteiger partial charge is 0.271 e. The first-order chi connectivity index (χ1) is 14.0. The molecule has 0 saturated heterocycles. The van der Waals surface area contributed by atoms with Crippen molar-refractivity contribution in [2.75, 3.05) is 0 Å². The number of nitrogens with zero attached hydrogens (tertiary/aromatic N) is 5. The molecule has 3 heterocycles. The third-order valence-corrected chi connectivity index (χ3v) is 5.71.